The second kappa shape index (κ2) is 4.48. The molecule has 3 aromatic heterocycles. The van der Waals surface area contributed by atoms with Gasteiger partial charge in [-0.15, -0.1) is 0 Å². The molecule has 0 fully saturated rings. The fraction of sp³-hybridized carbons (Fsp3) is 0.167. The predicted octanol–water partition coefficient (Wildman–Crippen LogP) is 0.193. The number of aryl methyl sites for hydroxylation is 2. The maximum absolute atomic E-state index is 12.4. The van der Waals surface area contributed by atoms with Gasteiger partial charge in [-0.25, -0.2) is 18.4 Å². The first-order valence-electron chi connectivity index (χ1n) is 5.98. The first kappa shape index (κ1) is 13.4. The van der Waals surface area contributed by atoms with E-state index in [1.165, 1.54) is 29.3 Å². The Hall–Kier alpha value is -2.55. The number of aromatic amines is 1. The molecule has 8 nitrogen and oxygen atoms in total. The Bertz CT molecular complexity index is 1000. The molecule has 21 heavy (non-hydrogen) atoms. The number of nitrogens with one attached hydrogen (secondary N) is 1. The van der Waals surface area contributed by atoms with Crippen molar-refractivity contribution in [1.82, 2.24) is 24.7 Å². The quantitative estimate of drug-likeness (QED) is 0.723. The number of hydrogen-bond donors (Lipinski definition) is 1. The van der Waals surface area contributed by atoms with Gasteiger partial charge in [0.25, 0.3) is 5.56 Å². The van der Waals surface area contributed by atoms with Gasteiger partial charge < -0.3 is 4.98 Å². The van der Waals surface area contributed by atoms with E-state index in [-0.39, 0.29) is 15.3 Å². The minimum atomic E-state index is -3.81. The van der Waals surface area contributed by atoms with Crippen LogP contribution in [0.1, 0.15) is 5.82 Å². The second-order valence-electron chi connectivity index (χ2n) is 4.54. The zero-order chi connectivity index (χ0) is 15.2. The van der Waals surface area contributed by atoms with E-state index < -0.39 is 15.4 Å². The molecule has 3 heterocycles. The Kier molecular flexibility index (Phi) is 2.87. The fourth-order valence-corrected chi connectivity index (χ4v) is 3.13. The Morgan fingerprint density at radius 3 is 2.71 bits per heavy atom. The van der Waals surface area contributed by atoms with Crippen molar-refractivity contribution in [3.05, 3.63) is 40.8 Å². The van der Waals surface area contributed by atoms with Crippen LogP contribution in [-0.4, -0.2) is 33.2 Å². The lowest BCUT2D eigenvalue weighted by molar-refractivity contribution is 0.592. The van der Waals surface area contributed by atoms with Crippen molar-refractivity contribution in [2.24, 2.45) is 7.05 Å². The fourth-order valence-electron chi connectivity index (χ4n) is 1.95. The summed E-state index contributed by atoms with van der Waals surface area (Å²) in [7, 11) is -2.20. The van der Waals surface area contributed by atoms with Crippen LogP contribution in [0.3, 0.4) is 0 Å². The third-order valence-corrected chi connectivity index (χ3v) is 4.56. The van der Waals surface area contributed by atoms with Crippen LogP contribution in [0.5, 0.6) is 0 Å². The molecule has 3 rings (SSSR count). The van der Waals surface area contributed by atoms with Gasteiger partial charge in [0.1, 0.15) is 10.7 Å². The lowest BCUT2D eigenvalue weighted by atomic mass is 10.3. The third-order valence-electron chi connectivity index (χ3n) is 2.95. The summed E-state index contributed by atoms with van der Waals surface area (Å²) < 4.78 is 26.2. The van der Waals surface area contributed by atoms with E-state index in [1.807, 2.05) is 0 Å². The summed E-state index contributed by atoms with van der Waals surface area (Å²) in [4.78, 5) is 22.4. The molecule has 0 aromatic carbocycles. The molecule has 0 bridgehead atoms. The van der Waals surface area contributed by atoms with E-state index in [1.54, 1.807) is 14.0 Å². The number of pyridine rings is 1. The average Bonchev–Trinajstić information content (AvgIpc) is 2.85. The topological polar surface area (TPSA) is 111 Å². The maximum atomic E-state index is 12.4. The molecule has 3 aromatic rings. The molecule has 0 aliphatic rings. The zero-order valence-corrected chi connectivity index (χ0v) is 12.0. The lowest BCUT2D eigenvalue weighted by Gasteiger charge is -2.03. The summed E-state index contributed by atoms with van der Waals surface area (Å²) in [5.41, 5.74) is -0.0519. The Labute approximate surface area is 119 Å². The highest BCUT2D eigenvalue weighted by molar-refractivity contribution is 7.91. The summed E-state index contributed by atoms with van der Waals surface area (Å²) in [5, 5.41) is 3.80. The van der Waals surface area contributed by atoms with Crippen molar-refractivity contribution in [3.8, 4) is 0 Å². The van der Waals surface area contributed by atoms with E-state index in [2.05, 4.69) is 20.1 Å². The van der Waals surface area contributed by atoms with Crippen LogP contribution < -0.4 is 5.56 Å². The average molecular weight is 305 g/mol. The van der Waals surface area contributed by atoms with Gasteiger partial charge in [0.15, 0.2) is 5.03 Å². The predicted molar refractivity (Wildman–Crippen MR) is 73.6 cm³/mol. The molecular weight excluding hydrogens is 294 g/mol. The van der Waals surface area contributed by atoms with Crippen LogP contribution in [0.15, 0.2) is 39.4 Å². The van der Waals surface area contributed by atoms with Crippen LogP contribution in [-0.2, 0) is 16.9 Å². The minimum absolute atomic E-state index is 0.0216. The second-order valence-corrected chi connectivity index (χ2v) is 6.44. The molecule has 0 saturated heterocycles. The van der Waals surface area contributed by atoms with Gasteiger partial charge in [-0.1, -0.05) is 0 Å². The van der Waals surface area contributed by atoms with Gasteiger partial charge in [-0.05, 0) is 13.0 Å². The smallest absolute Gasteiger partial charge is 0.258 e. The number of sulfone groups is 1. The summed E-state index contributed by atoms with van der Waals surface area (Å²) >= 11 is 0. The molecule has 1 N–H and O–H groups in total. The van der Waals surface area contributed by atoms with Crippen LogP contribution >= 0.6 is 0 Å². The molecule has 9 heteroatoms. The highest BCUT2D eigenvalue weighted by Crippen LogP contribution is 2.20. The number of H-pyrrole nitrogens is 1. The molecule has 0 unspecified atom stereocenters. The van der Waals surface area contributed by atoms with Crippen LogP contribution in [0, 0.1) is 6.92 Å². The van der Waals surface area contributed by atoms with Crippen LogP contribution in [0.4, 0.5) is 0 Å². The monoisotopic (exact) mass is 305 g/mol. The Morgan fingerprint density at radius 2 is 2.05 bits per heavy atom. The van der Waals surface area contributed by atoms with Gasteiger partial charge in [-0.2, -0.15) is 5.10 Å². The molecule has 0 saturated carbocycles. The minimum Gasteiger partial charge on any atom is -0.310 e. The van der Waals surface area contributed by atoms with Crippen molar-refractivity contribution in [2.75, 3.05) is 0 Å². The highest BCUT2D eigenvalue weighted by atomic mass is 32.2. The Morgan fingerprint density at radius 1 is 1.29 bits per heavy atom. The number of nitrogens with zero attached hydrogens (tertiary/aromatic N) is 4. The van der Waals surface area contributed by atoms with E-state index in [0.29, 0.717) is 11.3 Å². The molecule has 0 aliphatic heterocycles. The van der Waals surface area contributed by atoms with E-state index in [9.17, 15) is 13.2 Å². The molecule has 0 spiro atoms. The maximum Gasteiger partial charge on any atom is 0.258 e. The molecule has 0 atom stereocenters. The third kappa shape index (κ3) is 2.21. The van der Waals surface area contributed by atoms with Crippen molar-refractivity contribution in [2.45, 2.75) is 16.8 Å². The normalized spacial score (nSPS) is 11.9. The van der Waals surface area contributed by atoms with Gasteiger partial charge in [0, 0.05) is 13.2 Å². The van der Waals surface area contributed by atoms with Gasteiger partial charge >= 0.3 is 0 Å². The van der Waals surface area contributed by atoms with E-state index >= 15 is 0 Å². The van der Waals surface area contributed by atoms with Crippen molar-refractivity contribution >= 4 is 20.7 Å². The zero-order valence-electron chi connectivity index (χ0n) is 11.2. The number of hydrogen-bond acceptors (Lipinski definition) is 6. The van der Waals surface area contributed by atoms with Gasteiger partial charge in [0.05, 0.1) is 23.3 Å². The first-order valence-corrected chi connectivity index (χ1v) is 7.46. The Balaban J connectivity index is 2.24. The number of rotatable bonds is 2. The van der Waals surface area contributed by atoms with Crippen LogP contribution in [0.2, 0.25) is 0 Å². The molecule has 0 aliphatic carbocycles. The molecular formula is C12H11N5O3S. The molecule has 108 valence electrons. The van der Waals surface area contributed by atoms with Gasteiger partial charge in [-0.3, -0.25) is 9.48 Å². The molecule has 0 radical (unpaired) electrons. The van der Waals surface area contributed by atoms with Crippen molar-refractivity contribution in [3.63, 3.8) is 0 Å². The molecule has 0 amide bonds. The van der Waals surface area contributed by atoms with E-state index in [0.717, 1.165) is 0 Å². The highest BCUT2D eigenvalue weighted by Gasteiger charge is 2.22. The van der Waals surface area contributed by atoms with Crippen LogP contribution in [0.25, 0.3) is 10.9 Å². The number of fused-ring (bicyclic) bond motifs is 1. The number of aromatic nitrogens is 5. The van der Waals surface area contributed by atoms with Gasteiger partial charge in [0.2, 0.25) is 9.84 Å². The van der Waals surface area contributed by atoms with E-state index in [4.69, 9.17) is 0 Å². The lowest BCUT2D eigenvalue weighted by Crippen LogP contribution is -2.12. The summed E-state index contributed by atoms with van der Waals surface area (Å²) in [5.74, 6) is 0.442. The van der Waals surface area contributed by atoms with Crippen molar-refractivity contribution in [1.29, 1.82) is 0 Å². The van der Waals surface area contributed by atoms with Crippen molar-refractivity contribution < 1.29 is 8.42 Å². The first-order chi connectivity index (χ1) is 9.88. The standard InChI is InChI=1S/C12H11N5O3S/c1-7-15-10-5-13-11(3-9(10)12(18)16-7)21(19,20)8-4-14-17(2)6-8/h3-6H,1-2H3,(H,15,16,18). The largest absolute Gasteiger partial charge is 0.310 e. The summed E-state index contributed by atoms with van der Waals surface area (Å²) in [6, 6.07) is 1.23. The summed E-state index contributed by atoms with van der Waals surface area (Å²) in [6.45, 7) is 1.64. The summed E-state index contributed by atoms with van der Waals surface area (Å²) in [6.07, 6.45) is 3.89. The SMILES string of the molecule is Cc1nc2cnc(S(=O)(=O)c3cnn(C)c3)cc2c(=O)[nH]1.